The van der Waals surface area contributed by atoms with Crippen molar-refractivity contribution in [3.8, 4) is 23.0 Å². The molecule has 7 rings (SSSR count). The number of phenols is 2. The second kappa shape index (κ2) is 13.0. The monoisotopic (exact) mass is 714 g/mol. The minimum atomic E-state index is -2.44. The summed E-state index contributed by atoms with van der Waals surface area (Å²) in [4.78, 5) is 58.6. The van der Waals surface area contributed by atoms with Crippen LogP contribution >= 0.6 is 0 Å². The van der Waals surface area contributed by atoms with Crippen LogP contribution in [0.15, 0.2) is 48.5 Å². The molecule has 6 atom stereocenters. The normalized spacial score (nSPS) is 25.2. The maximum Gasteiger partial charge on any atom is 0.361 e. The Kier molecular flexibility index (Phi) is 8.71. The summed E-state index contributed by atoms with van der Waals surface area (Å²) in [6.45, 7) is 0.543. The number of methoxy groups -OCH3 is 1. The Morgan fingerprint density at radius 1 is 1.02 bits per heavy atom. The quantitative estimate of drug-likeness (QED) is 0.104. The molecule has 0 spiro atoms. The molecule has 0 bridgehead atoms. The van der Waals surface area contributed by atoms with E-state index in [2.05, 4.69) is 4.98 Å². The summed E-state index contributed by atoms with van der Waals surface area (Å²) in [6, 6.07) is 11.5. The number of aromatic hydroxyl groups is 3. The third-order valence-corrected chi connectivity index (χ3v) is 9.89. The van der Waals surface area contributed by atoms with Gasteiger partial charge in [-0.3, -0.25) is 14.4 Å². The highest BCUT2D eigenvalue weighted by molar-refractivity contribution is 6.31. The van der Waals surface area contributed by atoms with E-state index >= 15 is 0 Å². The SMILES string of the molecule is COc1cccc2c1C(=O)c1c(O)c3c(c(O)c1C2=O)CC(O)(C(=O)COC(=O)c1nc2ccccc2cc1O)CC3OC1CC(N)C(O)C(C)O1. The zero-order valence-electron chi connectivity index (χ0n) is 27.9. The number of para-hydroxylation sites is 1. The van der Waals surface area contributed by atoms with Crippen molar-refractivity contribution in [2.24, 2.45) is 5.73 Å². The molecule has 6 unspecified atom stereocenters. The van der Waals surface area contributed by atoms with E-state index in [1.54, 1.807) is 31.2 Å². The first kappa shape index (κ1) is 35.0. The molecule has 15 heteroatoms. The number of aliphatic hydroxyl groups is 2. The van der Waals surface area contributed by atoms with Crippen molar-refractivity contribution in [2.45, 2.75) is 62.4 Å². The number of nitrogens with two attached hydrogens (primary N) is 1. The molecule has 4 aromatic rings. The molecule has 52 heavy (non-hydrogen) atoms. The van der Waals surface area contributed by atoms with Crippen molar-refractivity contribution >= 4 is 34.2 Å². The van der Waals surface area contributed by atoms with Gasteiger partial charge in [-0.2, -0.15) is 0 Å². The van der Waals surface area contributed by atoms with Gasteiger partial charge in [0.05, 0.1) is 47.6 Å². The lowest BCUT2D eigenvalue weighted by atomic mass is 9.72. The van der Waals surface area contributed by atoms with Crippen LogP contribution in [0.25, 0.3) is 10.9 Å². The van der Waals surface area contributed by atoms with Gasteiger partial charge in [-0.15, -0.1) is 0 Å². The molecule has 1 fully saturated rings. The van der Waals surface area contributed by atoms with Crippen LogP contribution in [0.1, 0.15) is 79.3 Å². The minimum Gasteiger partial charge on any atom is -0.507 e. The fraction of sp³-hybridized carbons (Fsp3) is 0.324. The van der Waals surface area contributed by atoms with Crippen molar-refractivity contribution in [1.82, 2.24) is 4.98 Å². The number of esters is 1. The predicted molar refractivity (Wildman–Crippen MR) is 178 cm³/mol. The van der Waals surface area contributed by atoms with Crippen LogP contribution in [0.2, 0.25) is 0 Å². The first-order valence-corrected chi connectivity index (χ1v) is 16.4. The van der Waals surface area contributed by atoms with Crippen molar-refractivity contribution in [3.63, 3.8) is 0 Å². The number of benzene rings is 3. The standard InChI is InChI=1S/C37H34N2O13/c1-15-31(42)19(38)11-25(51-15)52-23-13-37(48,24(41)14-50-36(47)30-21(40)10-16-6-3-4-8-20(16)39-30)12-18-27(23)35(46)29-28(33(18)44)32(43)17-7-5-9-22(49-2)26(17)34(29)45/h3-10,15,19,23,25,31,40,42,44,46,48H,11-14,38H2,1-2H3. The first-order valence-electron chi connectivity index (χ1n) is 16.4. The number of hydrogen-bond acceptors (Lipinski definition) is 15. The summed E-state index contributed by atoms with van der Waals surface area (Å²) in [6.07, 6.45) is -5.82. The second-order valence-corrected chi connectivity index (χ2v) is 13.1. The Morgan fingerprint density at radius 3 is 2.48 bits per heavy atom. The Bertz CT molecular complexity index is 2170. The lowest BCUT2D eigenvalue weighted by Gasteiger charge is -2.42. The van der Waals surface area contributed by atoms with E-state index in [1.165, 1.54) is 31.4 Å². The molecule has 1 aliphatic heterocycles. The molecule has 15 nitrogen and oxygen atoms in total. The van der Waals surface area contributed by atoms with Gasteiger partial charge in [-0.1, -0.05) is 30.3 Å². The molecular weight excluding hydrogens is 680 g/mol. The number of hydrogen-bond donors (Lipinski definition) is 6. The molecule has 2 aliphatic carbocycles. The van der Waals surface area contributed by atoms with Gasteiger partial charge < -0.3 is 50.2 Å². The lowest BCUT2D eigenvalue weighted by Crippen LogP contribution is -2.53. The van der Waals surface area contributed by atoms with Gasteiger partial charge in [-0.25, -0.2) is 9.78 Å². The molecule has 0 radical (unpaired) electrons. The number of pyridine rings is 1. The van der Waals surface area contributed by atoms with Crippen molar-refractivity contribution < 1.29 is 63.7 Å². The number of fused-ring (bicyclic) bond motifs is 4. The molecule has 0 amide bonds. The molecule has 1 saturated heterocycles. The van der Waals surface area contributed by atoms with Crippen LogP contribution in [0, 0.1) is 0 Å². The lowest BCUT2D eigenvalue weighted by molar-refractivity contribution is -0.247. The number of rotatable bonds is 7. The molecule has 7 N–H and O–H groups in total. The molecular formula is C37H34N2O13. The number of aromatic nitrogens is 1. The number of carbonyl (C=O) groups excluding carboxylic acids is 4. The minimum absolute atomic E-state index is 0.0523. The van der Waals surface area contributed by atoms with Crippen LogP contribution < -0.4 is 10.5 Å². The maximum atomic E-state index is 13.9. The number of ether oxygens (including phenoxy) is 4. The fourth-order valence-corrected chi connectivity index (χ4v) is 7.19. The average Bonchev–Trinajstić information content (AvgIpc) is 3.12. The number of carbonyl (C=O) groups is 4. The van der Waals surface area contributed by atoms with E-state index in [1.807, 2.05) is 0 Å². The summed E-state index contributed by atoms with van der Waals surface area (Å²) >= 11 is 0. The second-order valence-electron chi connectivity index (χ2n) is 13.1. The highest BCUT2D eigenvalue weighted by Crippen LogP contribution is 2.52. The Labute approximate surface area is 295 Å². The Morgan fingerprint density at radius 2 is 1.75 bits per heavy atom. The molecule has 2 heterocycles. The smallest absolute Gasteiger partial charge is 0.361 e. The Balaban J connectivity index is 1.26. The van der Waals surface area contributed by atoms with Crippen molar-refractivity contribution in [1.29, 1.82) is 0 Å². The summed E-state index contributed by atoms with van der Waals surface area (Å²) in [7, 11) is 1.31. The summed E-state index contributed by atoms with van der Waals surface area (Å²) in [5.74, 6) is -5.80. The van der Waals surface area contributed by atoms with Gasteiger partial charge in [0.1, 0.15) is 28.6 Å². The number of Topliss-reactive ketones (excluding diaryl/α,β-unsaturated/α-hetero) is 1. The van der Waals surface area contributed by atoms with E-state index in [0.717, 1.165) is 0 Å². The molecule has 1 aromatic heterocycles. The fourth-order valence-electron chi connectivity index (χ4n) is 7.19. The van der Waals surface area contributed by atoms with Gasteiger partial charge >= 0.3 is 5.97 Å². The predicted octanol–water partition coefficient (Wildman–Crippen LogP) is 2.12. The topological polar surface area (TPSA) is 245 Å². The van der Waals surface area contributed by atoms with Crippen LogP contribution in [-0.2, 0) is 25.4 Å². The summed E-state index contributed by atoms with van der Waals surface area (Å²) in [5, 5.41) is 56.7. The highest BCUT2D eigenvalue weighted by atomic mass is 16.7. The zero-order valence-corrected chi connectivity index (χ0v) is 27.9. The van der Waals surface area contributed by atoms with E-state index in [9.17, 15) is 44.7 Å². The van der Waals surface area contributed by atoms with Gasteiger partial charge in [0.25, 0.3) is 0 Å². The van der Waals surface area contributed by atoms with Gasteiger partial charge in [0.15, 0.2) is 24.4 Å². The van der Waals surface area contributed by atoms with Gasteiger partial charge in [0, 0.05) is 47.4 Å². The third-order valence-electron chi connectivity index (χ3n) is 9.89. The van der Waals surface area contributed by atoms with E-state index in [4.69, 9.17) is 24.7 Å². The largest absolute Gasteiger partial charge is 0.507 e. The average molecular weight is 715 g/mol. The van der Waals surface area contributed by atoms with Crippen molar-refractivity contribution in [2.75, 3.05) is 13.7 Å². The van der Waals surface area contributed by atoms with Crippen LogP contribution in [-0.4, -0.2) is 97.7 Å². The number of nitrogens with zero attached hydrogens (tertiary/aromatic N) is 1. The molecule has 270 valence electrons. The van der Waals surface area contributed by atoms with Crippen LogP contribution in [0.5, 0.6) is 23.0 Å². The van der Waals surface area contributed by atoms with Crippen LogP contribution in [0.4, 0.5) is 0 Å². The highest BCUT2D eigenvalue weighted by Gasteiger charge is 2.50. The van der Waals surface area contributed by atoms with Crippen LogP contribution in [0.3, 0.4) is 0 Å². The van der Waals surface area contributed by atoms with Crippen molar-refractivity contribution in [3.05, 3.63) is 87.6 Å². The Hall–Kier alpha value is -5.45. The molecule has 3 aromatic carbocycles. The maximum absolute atomic E-state index is 13.9. The number of ketones is 3. The van der Waals surface area contributed by atoms with Gasteiger partial charge in [0.2, 0.25) is 11.6 Å². The molecule has 0 saturated carbocycles. The summed E-state index contributed by atoms with van der Waals surface area (Å²) < 4.78 is 22.5. The zero-order chi connectivity index (χ0) is 37.2. The summed E-state index contributed by atoms with van der Waals surface area (Å²) in [5.41, 5.74) is 1.80. The number of aliphatic hydroxyl groups excluding tert-OH is 1. The molecule has 3 aliphatic rings. The van der Waals surface area contributed by atoms with E-state index in [-0.39, 0.29) is 34.4 Å². The van der Waals surface area contributed by atoms with E-state index in [0.29, 0.717) is 10.9 Å². The number of phenolic OH excluding ortho intramolecular Hbond substituents is 2. The van der Waals surface area contributed by atoms with E-state index < -0.39 is 113 Å². The van der Waals surface area contributed by atoms with Gasteiger partial charge in [-0.05, 0) is 25.1 Å². The first-order chi connectivity index (χ1) is 24.7. The third kappa shape index (κ3) is 5.63.